The zero-order valence-electron chi connectivity index (χ0n) is 16.6. The average molecular weight is 401 g/mol. The fourth-order valence-corrected chi connectivity index (χ4v) is 3.28. The van der Waals surface area contributed by atoms with Crippen LogP contribution in [0.15, 0.2) is 91.0 Å². The molecule has 0 unspecified atom stereocenters. The van der Waals surface area contributed by atoms with Gasteiger partial charge in [-0.2, -0.15) is 0 Å². The SMILES string of the molecule is CCC(c1ccccc1)(c1ccccc1)c1ccccc1.N=C=O.N=C=O.N=C=O. The molecule has 0 aromatic heterocycles. The van der Waals surface area contributed by atoms with Gasteiger partial charge >= 0.3 is 0 Å². The molecule has 0 aliphatic heterocycles. The third-order valence-corrected chi connectivity index (χ3v) is 4.33. The Morgan fingerprint density at radius 1 is 0.567 bits per heavy atom. The standard InChI is InChI=1S/C21H20.3CHNO/c1-2-21(18-12-6-3-7-13-18,19-14-8-4-9-15-19)20-16-10-5-11-17-20;3*2-1-3/h3-17H,2H2,1H3;3*2H. The predicted octanol–water partition coefficient (Wildman–Crippen LogP) is 5.13. The molecule has 0 saturated carbocycles. The summed E-state index contributed by atoms with van der Waals surface area (Å²) in [6.45, 7) is 2.27. The molecule has 30 heavy (non-hydrogen) atoms. The van der Waals surface area contributed by atoms with Crippen molar-refractivity contribution in [1.82, 2.24) is 0 Å². The highest BCUT2D eigenvalue weighted by Crippen LogP contribution is 2.41. The lowest BCUT2D eigenvalue weighted by Gasteiger charge is -2.35. The van der Waals surface area contributed by atoms with Gasteiger partial charge in [0.2, 0.25) is 18.2 Å². The van der Waals surface area contributed by atoms with Crippen LogP contribution in [0, 0.1) is 16.2 Å². The van der Waals surface area contributed by atoms with Gasteiger partial charge in [0.05, 0.1) is 0 Å². The normalized spacial score (nSPS) is 8.70. The fraction of sp³-hybridized carbons (Fsp3) is 0.125. The molecular formula is C24H23N3O3. The monoisotopic (exact) mass is 401 g/mol. The summed E-state index contributed by atoms with van der Waals surface area (Å²) in [6.07, 6.45) is 3.28. The van der Waals surface area contributed by atoms with Crippen molar-refractivity contribution in [3.63, 3.8) is 0 Å². The topological polar surface area (TPSA) is 123 Å². The minimum Gasteiger partial charge on any atom is -0.222 e. The van der Waals surface area contributed by atoms with Gasteiger partial charge in [-0.15, -0.1) is 0 Å². The Bertz CT molecular complexity index is 816. The van der Waals surface area contributed by atoms with Crippen molar-refractivity contribution >= 4 is 18.2 Å². The van der Waals surface area contributed by atoms with E-state index in [1.165, 1.54) is 16.7 Å². The zero-order valence-corrected chi connectivity index (χ0v) is 16.6. The molecule has 6 heteroatoms. The Morgan fingerprint density at radius 2 is 0.767 bits per heavy atom. The highest BCUT2D eigenvalue weighted by Gasteiger charge is 2.33. The van der Waals surface area contributed by atoms with E-state index in [1.54, 1.807) is 0 Å². The molecule has 0 fully saturated rings. The molecule has 0 spiro atoms. The second-order valence-corrected chi connectivity index (χ2v) is 5.66. The Labute approximate surface area is 175 Å². The van der Waals surface area contributed by atoms with Gasteiger partial charge in [-0.3, -0.25) is 0 Å². The first kappa shape index (κ1) is 25.8. The summed E-state index contributed by atoms with van der Waals surface area (Å²) in [6, 6.07) is 32.5. The van der Waals surface area contributed by atoms with Gasteiger partial charge in [0.25, 0.3) is 0 Å². The molecule has 3 N–H and O–H groups in total. The summed E-state index contributed by atoms with van der Waals surface area (Å²) < 4.78 is 0. The summed E-state index contributed by atoms with van der Waals surface area (Å²) in [5.41, 5.74) is 3.98. The maximum Gasteiger partial charge on any atom is 0.231 e. The van der Waals surface area contributed by atoms with E-state index in [4.69, 9.17) is 30.6 Å². The quantitative estimate of drug-likeness (QED) is 0.319. The summed E-state index contributed by atoms with van der Waals surface area (Å²) >= 11 is 0. The Hall–Kier alpha value is -4.20. The molecule has 0 bridgehead atoms. The third kappa shape index (κ3) is 7.43. The second kappa shape index (κ2) is 15.8. The van der Waals surface area contributed by atoms with E-state index in [-0.39, 0.29) is 5.41 Å². The van der Waals surface area contributed by atoms with E-state index in [0.717, 1.165) is 24.7 Å². The van der Waals surface area contributed by atoms with Crippen molar-refractivity contribution in [3.8, 4) is 0 Å². The lowest BCUT2D eigenvalue weighted by molar-refractivity contribution is 0.562. The van der Waals surface area contributed by atoms with Gasteiger partial charge in [0.15, 0.2) is 0 Å². The van der Waals surface area contributed by atoms with Crippen LogP contribution in [0.1, 0.15) is 30.0 Å². The Kier molecular flexibility index (Phi) is 13.6. The molecule has 0 atom stereocenters. The average Bonchev–Trinajstić information content (AvgIpc) is 2.79. The number of hydrogen-bond donors (Lipinski definition) is 3. The molecule has 0 saturated heterocycles. The first-order valence-electron chi connectivity index (χ1n) is 8.91. The number of carbonyl (C=O) groups excluding carboxylic acids is 3. The van der Waals surface area contributed by atoms with Crippen molar-refractivity contribution < 1.29 is 14.4 Å². The van der Waals surface area contributed by atoms with Gasteiger partial charge in [-0.05, 0) is 23.1 Å². The summed E-state index contributed by atoms with van der Waals surface area (Å²) in [7, 11) is 0. The number of benzene rings is 3. The number of nitrogens with one attached hydrogen (secondary N) is 3. The van der Waals surface area contributed by atoms with Crippen LogP contribution in [0.2, 0.25) is 0 Å². The minimum absolute atomic E-state index is 0.0796. The molecule has 0 radical (unpaired) electrons. The zero-order chi connectivity index (χ0) is 22.7. The van der Waals surface area contributed by atoms with Crippen molar-refractivity contribution in [2.45, 2.75) is 18.8 Å². The number of isocyanates is 3. The van der Waals surface area contributed by atoms with Crippen LogP contribution in [0.25, 0.3) is 0 Å². The molecule has 0 aliphatic carbocycles. The van der Waals surface area contributed by atoms with Crippen LogP contribution in [0.4, 0.5) is 0 Å². The smallest absolute Gasteiger partial charge is 0.222 e. The number of hydrogen-bond acceptors (Lipinski definition) is 6. The van der Waals surface area contributed by atoms with Gasteiger partial charge in [0, 0.05) is 5.41 Å². The van der Waals surface area contributed by atoms with Crippen molar-refractivity contribution in [1.29, 1.82) is 16.2 Å². The molecule has 152 valence electrons. The first-order chi connectivity index (χ1) is 14.6. The van der Waals surface area contributed by atoms with Crippen molar-refractivity contribution in [3.05, 3.63) is 108 Å². The summed E-state index contributed by atoms with van der Waals surface area (Å²) in [5, 5.41) is 16.2. The molecule has 0 amide bonds. The molecule has 3 rings (SSSR count). The van der Waals surface area contributed by atoms with Gasteiger partial charge < -0.3 is 0 Å². The van der Waals surface area contributed by atoms with Gasteiger partial charge in [-0.25, -0.2) is 30.6 Å². The van der Waals surface area contributed by atoms with E-state index < -0.39 is 0 Å². The van der Waals surface area contributed by atoms with E-state index in [2.05, 4.69) is 97.9 Å². The third-order valence-electron chi connectivity index (χ3n) is 4.33. The lowest BCUT2D eigenvalue weighted by atomic mass is 9.68. The van der Waals surface area contributed by atoms with Gasteiger partial charge in [0.1, 0.15) is 0 Å². The first-order valence-corrected chi connectivity index (χ1v) is 8.91. The van der Waals surface area contributed by atoms with Crippen LogP contribution in [-0.2, 0) is 19.8 Å². The van der Waals surface area contributed by atoms with Crippen LogP contribution < -0.4 is 0 Å². The Balaban J connectivity index is 0.000000806. The van der Waals surface area contributed by atoms with E-state index in [0.29, 0.717) is 0 Å². The minimum atomic E-state index is -0.0796. The van der Waals surface area contributed by atoms with Gasteiger partial charge in [-0.1, -0.05) is 97.9 Å². The molecule has 6 nitrogen and oxygen atoms in total. The molecule has 0 heterocycles. The van der Waals surface area contributed by atoms with Crippen LogP contribution in [0.3, 0.4) is 0 Å². The lowest BCUT2D eigenvalue weighted by Crippen LogP contribution is -2.28. The highest BCUT2D eigenvalue weighted by molar-refractivity contribution is 5.50. The maximum absolute atomic E-state index is 8.35. The Morgan fingerprint density at radius 3 is 0.933 bits per heavy atom. The fourth-order valence-electron chi connectivity index (χ4n) is 3.28. The molecular weight excluding hydrogens is 378 g/mol. The highest BCUT2D eigenvalue weighted by atomic mass is 16.1. The van der Waals surface area contributed by atoms with Crippen molar-refractivity contribution in [2.24, 2.45) is 0 Å². The predicted molar refractivity (Wildman–Crippen MR) is 115 cm³/mol. The van der Waals surface area contributed by atoms with E-state index in [1.807, 2.05) is 0 Å². The van der Waals surface area contributed by atoms with E-state index >= 15 is 0 Å². The van der Waals surface area contributed by atoms with Crippen LogP contribution in [-0.4, -0.2) is 18.2 Å². The molecule has 0 aliphatic rings. The van der Waals surface area contributed by atoms with Crippen molar-refractivity contribution in [2.75, 3.05) is 0 Å². The summed E-state index contributed by atoms with van der Waals surface area (Å²) in [4.78, 5) is 25.0. The summed E-state index contributed by atoms with van der Waals surface area (Å²) in [5.74, 6) is 0. The molecule has 3 aromatic carbocycles. The molecule has 3 aromatic rings. The second-order valence-electron chi connectivity index (χ2n) is 5.66. The van der Waals surface area contributed by atoms with Crippen LogP contribution >= 0.6 is 0 Å². The van der Waals surface area contributed by atoms with Crippen LogP contribution in [0.5, 0.6) is 0 Å². The van der Waals surface area contributed by atoms with E-state index in [9.17, 15) is 0 Å². The largest absolute Gasteiger partial charge is 0.231 e. The number of rotatable bonds is 4. The maximum atomic E-state index is 8.35.